The number of alkyl carbamates (subject to hydrolysis) is 1. The molecule has 3 amide bonds. The molecule has 0 saturated heterocycles. The van der Waals surface area contributed by atoms with Crippen LogP contribution in [0.5, 0.6) is 0 Å². The molecule has 0 aliphatic rings. The van der Waals surface area contributed by atoms with Crippen molar-refractivity contribution in [3.63, 3.8) is 0 Å². The number of rotatable bonds is 7. The smallest absolute Gasteiger partial charge is 0.407 e. The van der Waals surface area contributed by atoms with Crippen molar-refractivity contribution in [2.75, 3.05) is 19.0 Å². The SMILES string of the molecule is COC(=O)NC(CC(C)C)C(=O)NCC(=O)Nc1c(C)cc(C)cc1C. The summed E-state index contributed by atoms with van der Waals surface area (Å²) >= 11 is 0. The van der Waals surface area contributed by atoms with Gasteiger partial charge < -0.3 is 20.7 Å². The molecule has 0 bridgehead atoms. The Morgan fingerprint density at radius 3 is 2.15 bits per heavy atom. The van der Waals surface area contributed by atoms with Gasteiger partial charge in [-0.25, -0.2) is 4.79 Å². The number of hydrogen-bond donors (Lipinski definition) is 3. The lowest BCUT2D eigenvalue weighted by Crippen LogP contribution is -2.49. The fourth-order valence-corrected chi connectivity index (χ4v) is 2.76. The van der Waals surface area contributed by atoms with Crippen LogP contribution in [0.3, 0.4) is 0 Å². The molecule has 0 spiro atoms. The highest BCUT2D eigenvalue weighted by Crippen LogP contribution is 2.21. The van der Waals surface area contributed by atoms with Gasteiger partial charge in [-0.2, -0.15) is 0 Å². The molecule has 0 fully saturated rings. The number of carbonyl (C=O) groups excluding carboxylic acids is 3. The molecule has 1 aromatic rings. The topological polar surface area (TPSA) is 96.5 Å². The Morgan fingerprint density at radius 2 is 1.65 bits per heavy atom. The summed E-state index contributed by atoms with van der Waals surface area (Å²) in [4.78, 5) is 35.9. The summed E-state index contributed by atoms with van der Waals surface area (Å²) in [6, 6.07) is 3.22. The summed E-state index contributed by atoms with van der Waals surface area (Å²) < 4.78 is 4.54. The Kier molecular flexibility index (Phi) is 8.09. The van der Waals surface area contributed by atoms with Gasteiger partial charge in [0.25, 0.3) is 0 Å². The number of anilines is 1. The van der Waals surface area contributed by atoms with Crippen molar-refractivity contribution in [2.24, 2.45) is 5.92 Å². The maximum Gasteiger partial charge on any atom is 0.407 e. The van der Waals surface area contributed by atoms with Crippen molar-refractivity contribution in [1.82, 2.24) is 10.6 Å². The predicted molar refractivity (Wildman–Crippen MR) is 101 cm³/mol. The van der Waals surface area contributed by atoms with E-state index in [1.165, 1.54) is 7.11 Å². The van der Waals surface area contributed by atoms with Crippen molar-refractivity contribution in [1.29, 1.82) is 0 Å². The second kappa shape index (κ2) is 9.79. The molecule has 0 aliphatic heterocycles. The van der Waals surface area contributed by atoms with Gasteiger partial charge in [-0.15, -0.1) is 0 Å². The molecule has 26 heavy (non-hydrogen) atoms. The Morgan fingerprint density at radius 1 is 1.08 bits per heavy atom. The van der Waals surface area contributed by atoms with E-state index >= 15 is 0 Å². The Bertz CT molecular complexity index is 648. The van der Waals surface area contributed by atoms with E-state index in [0.29, 0.717) is 6.42 Å². The first-order valence-corrected chi connectivity index (χ1v) is 8.64. The summed E-state index contributed by atoms with van der Waals surface area (Å²) in [7, 11) is 1.24. The number of benzene rings is 1. The summed E-state index contributed by atoms with van der Waals surface area (Å²) in [6.07, 6.45) is -0.236. The third kappa shape index (κ3) is 6.74. The van der Waals surface area contributed by atoms with E-state index in [0.717, 1.165) is 22.4 Å². The standard InChI is InChI=1S/C19H29N3O4/c1-11(2)7-15(21-19(25)26-6)18(24)20-10-16(23)22-17-13(4)8-12(3)9-14(17)5/h8-9,11,15H,7,10H2,1-6H3,(H,20,24)(H,21,25)(H,22,23). The van der Waals surface area contributed by atoms with Gasteiger partial charge in [0.1, 0.15) is 6.04 Å². The molecule has 0 radical (unpaired) electrons. The highest BCUT2D eigenvalue weighted by molar-refractivity contribution is 5.96. The molecule has 1 rings (SSSR count). The number of methoxy groups -OCH3 is 1. The molecule has 0 aromatic heterocycles. The Balaban J connectivity index is 2.66. The molecule has 144 valence electrons. The third-order valence-electron chi connectivity index (χ3n) is 3.87. The van der Waals surface area contributed by atoms with E-state index in [1.807, 2.05) is 46.8 Å². The first kappa shape index (κ1) is 21.5. The lowest BCUT2D eigenvalue weighted by Gasteiger charge is -2.19. The van der Waals surface area contributed by atoms with Crippen molar-refractivity contribution >= 4 is 23.6 Å². The minimum Gasteiger partial charge on any atom is -0.453 e. The summed E-state index contributed by atoms with van der Waals surface area (Å²) in [5, 5.41) is 7.88. The molecule has 0 heterocycles. The number of hydrogen-bond acceptors (Lipinski definition) is 4. The highest BCUT2D eigenvalue weighted by Gasteiger charge is 2.22. The van der Waals surface area contributed by atoms with E-state index in [2.05, 4.69) is 20.7 Å². The van der Waals surface area contributed by atoms with Gasteiger partial charge in [0.15, 0.2) is 0 Å². The van der Waals surface area contributed by atoms with E-state index in [4.69, 9.17) is 0 Å². The van der Waals surface area contributed by atoms with Crippen molar-refractivity contribution in [3.8, 4) is 0 Å². The fourth-order valence-electron chi connectivity index (χ4n) is 2.76. The molecular weight excluding hydrogens is 334 g/mol. The average Bonchev–Trinajstić information content (AvgIpc) is 2.54. The molecule has 0 saturated carbocycles. The van der Waals surface area contributed by atoms with Gasteiger partial charge in [0.2, 0.25) is 11.8 Å². The van der Waals surface area contributed by atoms with E-state index in [9.17, 15) is 14.4 Å². The maximum absolute atomic E-state index is 12.3. The number of nitrogens with one attached hydrogen (secondary N) is 3. The van der Waals surface area contributed by atoms with Gasteiger partial charge in [-0.05, 0) is 44.2 Å². The van der Waals surface area contributed by atoms with Crippen LogP contribution < -0.4 is 16.0 Å². The number of ether oxygens (including phenoxy) is 1. The van der Waals surface area contributed by atoms with Crippen LogP contribution >= 0.6 is 0 Å². The van der Waals surface area contributed by atoms with Gasteiger partial charge in [0, 0.05) is 5.69 Å². The molecule has 1 unspecified atom stereocenters. The van der Waals surface area contributed by atoms with Crippen molar-refractivity contribution in [3.05, 3.63) is 28.8 Å². The van der Waals surface area contributed by atoms with E-state index in [-0.39, 0.29) is 18.4 Å². The van der Waals surface area contributed by atoms with Crippen LogP contribution in [-0.4, -0.2) is 37.6 Å². The Hall–Kier alpha value is -2.57. The fraction of sp³-hybridized carbons (Fsp3) is 0.526. The number of amides is 3. The van der Waals surface area contributed by atoms with Crippen molar-refractivity contribution in [2.45, 2.75) is 47.1 Å². The van der Waals surface area contributed by atoms with Crippen molar-refractivity contribution < 1.29 is 19.1 Å². The largest absolute Gasteiger partial charge is 0.453 e. The zero-order valence-electron chi connectivity index (χ0n) is 16.4. The number of aryl methyl sites for hydroxylation is 3. The normalized spacial score (nSPS) is 11.7. The van der Waals surface area contributed by atoms with Crippen LogP contribution in [-0.2, 0) is 14.3 Å². The lowest BCUT2D eigenvalue weighted by molar-refractivity contribution is -0.125. The molecule has 1 atom stereocenters. The monoisotopic (exact) mass is 363 g/mol. The average molecular weight is 363 g/mol. The second-order valence-corrected chi connectivity index (χ2v) is 6.86. The second-order valence-electron chi connectivity index (χ2n) is 6.86. The van der Waals surface area contributed by atoms with Crippen LogP contribution in [0.15, 0.2) is 12.1 Å². The summed E-state index contributed by atoms with van der Waals surface area (Å²) in [6.45, 7) is 9.54. The quantitative estimate of drug-likeness (QED) is 0.693. The summed E-state index contributed by atoms with van der Waals surface area (Å²) in [5.41, 5.74) is 3.80. The van der Waals surface area contributed by atoms with E-state index < -0.39 is 18.0 Å². The lowest BCUT2D eigenvalue weighted by atomic mass is 10.0. The molecule has 1 aromatic carbocycles. The first-order chi connectivity index (χ1) is 12.1. The van der Waals surface area contributed by atoms with Crippen LogP contribution in [0.1, 0.15) is 37.0 Å². The van der Waals surface area contributed by atoms with E-state index in [1.54, 1.807) is 0 Å². The van der Waals surface area contributed by atoms with Crippen LogP contribution in [0, 0.1) is 26.7 Å². The molecule has 7 nitrogen and oxygen atoms in total. The Labute approximate surface area is 154 Å². The molecule has 0 aliphatic carbocycles. The zero-order chi connectivity index (χ0) is 19.9. The van der Waals surface area contributed by atoms with Crippen LogP contribution in [0.25, 0.3) is 0 Å². The molecule has 7 heteroatoms. The van der Waals surface area contributed by atoms with Gasteiger partial charge in [0.05, 0.1) is 13.7 Å². The predicted octanol–water partition coefficient (Wildman–Crippen LogP) is 2.44. The highest BCUT2D eigenvalue weighted by atomic mass is 16.5. The molecular formula is C19H29N3O4. The first-order valence-electron chi connectivity index (χ1n) is 8.64. The minimum atomic E-state index is -0.752. The molecule has 3 N–H and O–H groups in total. The van der Waals surface area contributed by atoms with Gasteiger partial charge >= 0.3 is 6.09 Å². The third-order valence-corrected chi connectivity index (χ3v) is 3.87. The number of carbonyl (C=O) groups is 3. The van der Waals surface area contributed by atoms with Gasteiger partial charge in [-0.3, -0.25) is 9.59 Å². The van der Waals surface area contributed by atoms with Crippen LogP contribution in [0.2, 0.25) is 0 Å². The summed E-state index contributed by atoms with van der Waals surface area (Å²) in [5.74, 6) is -0.555. The van der Waals surface area contributed by atoms with Gasteiger partial charge in [-0.1, -0.05) is 31.5 Å². The minimum absolute atomic E-state index is 0.178. The van der Waals surface area contributed by atoms with Crippen LogP contribution in [0.4, 0.5) is 10.5 Å². The maximum atomic E-state index is 12.3. The zero-order valence-corrected chi connectivity index (χ0v) is 16.4.